The first-order valence-corrected chi connectivity index (χ1v) is 12.0. The number of aliphatic imine (C=N–C) groups is 1. The minimum Gasteiger partial charge on any atom is -0.387 e. The summed E-state index contributed by atoms with van der Waals surface area (Å²) >= 11 is 1.56. The zero-order chi connectivity index (χ0) is 24.4. The van der Waals surface area contributed by atoms with Crippen LogP contribution in [-0.2, 0) is 6.42 Å². The molecule has 2 aromatic carbocycles. The Labute approximate surface area is 203 Å². The van der Waals surface area contributed by atoms with Gasteiger partial charge < -0.3 is 16.0 Å². The molecule has 0 aliphatic carbocycles. The van der Waals surface area contributed by atoms with E-state index in [0.717, 1.165) is 39.7 Å². The van der Waals surface area contributed by atoms with Crippen molar-refractivity contribution in [1.82, 2.24) is 10.3 Å². The highest BCUT2D eigenvalue weighted by atomic mass is 32.2. The summed E-state index contributed by atoms with van der Waals surface area (Å²) in [4.78, 5) is 9.91. The second-order valence-corrected chi connectivity index (χ2v) is 9.50. The molecule has 0 fully saturated rings. The van der Waals surface area contributed by atoms with Gasteiger partial charge in [0.2, 0.25) is 0 Å². The van der Waals surface area contributed by atoms with E-state index in [1.54, 1.807) is 23.9 Å². The van der Waals surface area contributed by atoms with Gasteiger partial charge in [-0.3, -0.25) is 4.99 Å². The number of nitriles is 1. The zero-order valence-electron chi connectivity index (χ0n) is 19.8. The quantitative estimate of drug-likeness (QED) is 0.434. The number of hydrogen-bond donors (Lipinski definition) is 3. The van der Waals surface area contributed by atoms with E-state index in [4.69, 9.17) is 5.73 Å². The SMILES string of the molecule is C/C(NCCc1c(C)[nH]c2c(C)ccc(C)c12)=C1/SC(c2ccc(F)c(C#N)c2)=C/C1=N/CN. The lowest BCUT2D eigenvalue weighted by molar-refractivity contribution is 0.624. The van der Waals surface area contributed by atoms with Crippen LogP contribution >= 0.6 is 11.8 Å². The van der Waals surface area contributed by atoms with Gasteiger partial charge in [-0.25, -0.2) is 4.39 Å². The van der Waals surface area contributed by atoms with Crippen LogP contribution in [-0.4, -0.2) is 23.9 Å². The van der Waals surface area contributed by atoms with Crippen LogP contribution in [0.5, 0.6) is 0 Å². The number of fused-ring (bicyclic) bond motifs is 1. The average molecular weight is 474 g/mol. The molecule has 5 nitrogen and oxygen atoms in total. The molecule has 174 valence electrons. The highest BCUT2D eigenvalue weighted by molar-refractivity contribution is 8.13. The minimum absolute atomic E-state index is 0.0308. The van der Waals surface area contributed by atoms with Crippen molar-refractivity contribution in [2.75, 3.05) is 13.2 Å². The van der Waals surface area contributed by atoms with Crippen molar-refractivity contribution in [2.45, 2.75) is 34.1 Å². The maximum Gasteiger partial charge on any atom is 0.140 e. The molecule has 1 aromatic heterocycles. The van der Waals surface area contributed by atoms with Gasteiger partial charge in [0.05, 0.1) is 22.8 Å². The first-order valence-electron chi connectivity index (χ1n) is 11.2. The number of allylic oxidation sites excluding steroid dienone is 3. The van der Waals surface area contributed by atoms with E-state index >= 15 is 0 Å². The average Bonchev–Trinajstić information content (AvgIpc) is 3.39. The van der Waals surface area contributed by atoms with Crippen LogP contribution < -0.4 is 11.1 Å². The first-order chi connectivity index (χ1) is 16.3. The summed E-state index contributed by atoms with van der Waals surface area (Å²) in [5, 5.41) is 14.1. The number of hydrogen-bond acceptors (Lipinski definition) is 5. The van der Waals surface area contributed by atoms with E-state index in [0.29, 0.717) is 0 Å². The predicted octanol–water partition coefficient (Wildman–Crippen LogP) is 5.61. The molecule has 1 aliphatic heterocycles. The molecule has 0 spiro atoms. The Morgan fingerprint density at radius 3 is 2.71 bits per heavy atom. The fraction of sp³-hybridized carbons (Fsp3) is 0.259. The van der Waals surface area contributed by atoms with E-state index in [1.165, 1.54) is 39.4 Å². The summed E-state index contributed by atoms with van der Waals surface area (Å²) in [5.74, 6) is -0.516. The number of nitrogens with one attached hydrogen (secondary N) is 2. The number of aromatic amines is 1. The van der Waals surface area contributed by atoms with Crippen LogP contribution in [0.15, 0.2) is 52.0 Å². The van der Waals surface area contributed by atoms with Gasteiger partial charge in [0, 0.05) is 33.7 Å². The fourth-order valence-electron chi connectivity index (χ4n) is 4.35. The topological polar surface area (TPSA) is 90.0 Å². The Balaban J connectivity index is 1.55. The molecule has 0 unspecified atom stereocenters. The maximum absolute atomic E-state index is 13.8. The van der Waals surface area contributed by atoms with Crippen LogP contribution in [0.2, 0.25) is 0 Å². The minimum atomic E-state index is -0.516. The van der Waals surface area contributed by atoms with Crippen molar-refractivity contribution in [1.29, 1.82) is 5.26 Å². The molecule has 0 saturated carbocycles. The summed E-state index contributed by atoms with van der Waals surface area (Å²) in [6.45, 7) is 9.41. The highest BCUT2D eigenvalue weighted by Crippen LogP contribution is 2.42. The monoisotopic (exact) mass is 473 g/mol. The molecule has 0 amide bonds. The molecule has 2 heterocycles. The number of thioether (sulfide) groups is 1. The van der Waals surface area contributed by atoms with Gasteiger partial charge in [-0.1, -0.05) is 30.0 Å². The molecule has 0 radical (unpaired) electrons. The summed E-state index contributed by atoms with van der Waals surface area (Å²) in [7, 11) is 0. The van der Waals surface area contributed by atoms with Crippen LogP contribution in [0.4, 0.5) is 4.39 Å². The zero-order valence-corrected chi connectivity index (χ0v) is 20.7. The van der Waals surface area contributed by atoms with Gasteiger partial charge in [0.15, 0.2) is 0 Å². The summed E-state index contributed by atoms with van der Waals surface area (Å²) in [5.41, 5.74) is 14.6. The molecule has 1 aliphatic rings. The molecule has 3 aromatic rings. The van der Waals surface area contributed by atoms with E-state index in [-0.39, 0.29) is 12.2 Å². The molecule has 7 heteroatoms. The number of rotatable bonds is 6. The van der Waals surface area contributed by atoms with E-state index in [1.807, 2.05) is 19.1 Å². The van der Waals surface area contributed by atoms with Crippen molar-refractivity contribution in [3.63, 3.8) is 0 Å². The lowest BCUT2D eigenvalue weighted by atomic mass is 10.0. The second kappa shape index (κ2) is 9.88. The number of halogens is 1. The molecular weight excluding hydrogens is 445 g/mol. The van der Waals surface area contributed by atoms with Crippen LogP contribution in [0.3, 0.4) is 0 Å². The first kappa shape index (κ1) is 23.8. The van der Waals surface area contributed by atoms with Crippen molar-refractivity contribution in [2.24, 2.45) is 10.7 Å². The Hall–Kier alpha value is -3.34. The molecule has 34 heavy (non-hydrogen) atoms. The number of aryl methyl sites for hydroxylation is 3. The van der Waals surface area contributed by atoms with Crippen molar-refractivity contribution in [3.8, 4) is 6.07 Å². The van der Waals surface area contributed by atoms with Gasteiger partial charge in [-0.2, -0.15) is 5.26 Å². The summed E-state index contributed by atoms with van der Waals surface area (Å²) < 4.78 is 13.8. The smallest absolute Gasteiger partial charge is 0.140 e. The maximum atomic E-state index is 13.8. The molecule has 4 rings (SSSR count). The van der Waals surface area contributed by atoms with Gasteiger partial charge in [0.25, 0.3) is 0 Å². The number of aromatic nitrogens is 1. The Kier molecular flexibility index (Phi) is 6.92. The molecule has 0 saturated heterocycles. The van der Waals surface area contributed by atoms with E-state index in [9.17, 15) is 9.65 Å². The Bertz CT molecular complexity index is 1400. The van der Waals surface area contributed by atoms with Crippen LogP contribution in [0.25, 0.3) is 15.8 Å². The third kappa shape index (κ3) is 4.52. The summed E-state index contributed by atoms with van der Waals surface area (Å²) in [6.07, 6.45) is 2.83. The van der Waals surface area contributed by atoms with Gasteiger partial charge in [-0.05, 0) is 74.6 Å². The normalized spacial score (nSPS) is 16.1. The van der Waals surface area contributed by atoms with Crippen LogP contribution in [0, 0.1) is 37.9 Å². The largest absolute Gasteiger partial charge is 0.387 e. The fourth-order valence-corrected chi connectivity index (χ4v) is 5.44. The number of nitrogens with zero attached hydrogens (tertiary/aromatic N) is 2. The van der Waals surface area contributed by atoms with Crippen molar-refractivity contribution in [3.05, 3.63) is 86.3 Å². The van der Waals surface area contributed by atoms with Crippen molar-refractivity contribution < 1.29 is 4.39 Å². The van der Waals surface area contributed by atoms with Gasteiger partial charge in [-0.15, -0.1) is 0 Å². The van der Waals surface area contributed by atoms with Crippen molar-refractivity contribution >= 4 is 33.3 Å². The van der Waals surface area contributed by atoms with E-state index in [2.05, 4.69) is 48.2 Å². The number of benzene rings is 2. The Morgan fingerprint density at radius 1 is 1.21 bits per heavy atom. The third-order valence-electron chi connectivity index (χ3n) is 6.14. The Morgan fingerprint density at radius 2 is 1.97 bits per heavy atom. The number of nitrogens with two attached hydrogens (primary N) is 1. The second-order valence-electron chi connectivity index (χ2n) is 8.45. The molecule has 4 N–H and O–H groups in total. The third-order valence-corrected chi connectivity index (χ3v) is 7.43. The predicted molar refractivity (Wildman–Crippen MR) is 140 cm³/mol. The van der Waals surface area contributed by atoms with Gasteiger partial charge in [0.1, 0.15) is 11.9 Å². The van der Waals surface area contributed by atoms with E-state index < -0.39 is 5.82 Å². The number of H-pyrrole nitrogens is 1. The van der Waals surface area contributed by atoms with Crippen LogP contribution in [0.1, 0.15) is 40.4 Å². The lowest BCUT2D eigenvalue weighted by Gasteiger charge is -2.12. The molecular formula is C27H28FN5S. The molecule has 0 bridgehead atoms. The standard InChI is InChI=1S/C27H28FN5S/c1-15-5-6-16(2)26-25(15)21(17(3)33-26)9-10-31-18(4)27-23(32-14-30)12-24(34-27)19-7-8-22(28)20(11-19)13-29/h5-8,11-12,31,33H,9-10,14,30H2,1-4H3/b27-18-,32-23-. The highest BCUT2D eigenvalue weighted by Gasteiger charge is 2.22. The summed E-state index contributed by atoms with van der Waals surface area (Å²) in [6, 6.07) is 10.8. The van der Waals surface area contributed by atoms with Gasteiger partial charge >= 0.3 is 0 Å². The lowest BCUT2D eigenvalue weighted by Crippen LogP contribution is -2.18. The molecule has 0 atom stereocenters.